The molecule has 2 N–H and O–H groups in total. The first-order valence-electron chi connectivity index (χ1n) is 5.30. The van der Waals surface area contributed by atoms with Gasteiger partial charge in [-0.2, -0.15) is 5.10 Å². The maximum Gasteiger partial charge on any atom is 0.238 e. The fourth-order valence-corrected chi connectivity index (χ4v) is 2.31. The van der Waals surface area contributed by atoms with Gasteiger partial charge in [0.05, 0.1) is 15.6 Å². The molecule has 2 aromatic rings. The number of hydrogen-bond donors (Lipinski definition) is 1. The van der Waals surface area contributed by atoms with E-state index in [1.165, 1.54) is 18.2 Å². The number of ether oxygens (including phenoxy) is 1. The number of nitrogens with two attached hydrogens (primary N) is 1. The molecule has 19 heavy (non-hydrogen) atoms. The monoisotopic (exact) mass is 301 g/mol. The molecule has 1 heterocycles. The van der Waals surface area contributed by atoms with Gasteiger partial charge in [0.1, 0.15) is 12.4 Å². The van der Waals surface area contributed by atoms with E-state index in [0.717, 1.165) is 5.69 Å². The minimum Gasteiger partial charge on any atom is -0.486 e. The van der Waals surface area contributed by atoms with Crippen molar-refractivity contribution in [3.05, 3.63) is 41.2 Å². The minimum absolute atomic E-state index is 0.0531. The minimum atomic E-state index is -3.76. The third-order valence-corrected chi connectivity index (χ3v) is 3.58. The Bertz CT molecular complexity index is 697. The normalized spacial score (nSPS) is 11.5. The Kier molecular flexibility index (Phi) is 3.79. The molecule has 102 valence electrons. The van der Waals surface area contributed by atoms with E-state index < -0.39 is 10.0 Å². The molecule has 0 saturated heterocycles. The number of aryl methyl sites for hydroxylation is 1. The van der Waals surface area contributed by atoms with Crippen molar-refractivity contribution < 1.29 is 13.2 Å². The Hall–Kier alpha value is -1.57. The summed E-state index contributed by atoms with van der Waals surface area (Å²) in [5.41, 5.74) is 0.745. The summed E-state index contributed by atoms with van der Waals surface area (Å²) in [6.07, 6.45) is 1.80. The number of primary sulfonamides is 1. The Morgan fingerprint density at radius 2 is 2.16 bits per heavy atom. The van der Waals surface area contributed by atoms with Crippen molar-refractivity contribution in [1.29, 1.82) is 0 Å². The Labute approximate surface area is 115 Å². The van der Waals surface area contributed by atoms with Crippen molar-refractivity contribution >= 4 is 21.6 Å². The Balaban J connectivity index is 2.14. The summed E-state index contributed by atoms with van der Waals surface area (Å²) in [7, 11) is -1.96. The zero-order valence-electron chi connectivity index (χ0n) is 10.1. The average molecular weight is 302 g/mol. The summed E-state index contributed by atoms with van der Waals surface area (Å²) in [5, 5.41) is 9.33. The van der Waals surface area contributed by atoms with Crippen LogP contribution in [0.15, 0.2) is 35.4 Å². The van der Waals surface area contributed by atoms with Gasteiger partial charge < -0.3 is 4.74 Å². The second kappa shape index (κ2) is 5.20. The van der Waals surface area contributed by atoms with Crippen LogP contribution in [0.25, 0.3) is 0 Å². The lowest BCUT2D eigenvalue weighted by Gasteiger charge is -2.07. The third kappa shape index (κ3) is 3.46. The first-order valence-corrected chi connectivity index (χ1v) is 7.22. The van der Waals surface area contributed by atoms with Gasteiger partial charge in [0.25, 0.3) is 0 Å². The molecule has 8 heteroatoms. The van der Waals surface area contributed by atoms with Crippen molar-refractivity contribution in [3.63, 3.8) is 0 Å². The molecule has 0 unspecified atom stereocenters. The summed E-state index contributed by atoms with van der Waals surface area (Å²) >= 11 is 5.94. The Morgan fingerprint density at radius 3 is 2.68 bits per heavy atom. The highest BCUT2D eigenvalue weighted by atomic mass is 35.5. The molecule has 0 aliphatic heterocycles. The number of halogens is 1. The van der Waals surface area contributed by atoms with E-state index in [0.29, 0.717) is 5.75 Å². The summed E-state index contributed by atoms with van der Waals surface area (Å²) < 4.78 is 29.4. The van der Waals surface area contributed by atoms with Crippen LogP contribution >= 0.6 is 11.6 Å². The van der Waals surface area contributed by atoms with E-state index in [4.69, 9.17) is 21.5 Å². The standard InChI is InChI=1S/C11H12ClN3O3S/c1-15-5-4-8(14-15)7-18-11-3-2-9(6-10(11)12)19(13,16)17/h2-6H,7H2,1H3,(H2,13,16,17). The van der Waals surface area contributed by atoms with Crippen LogP contribution < -0.4 is 9.88 Å². The van der Waals surface area contributed by atoms with Crippen LogP contribution in [0.2, 0.25) is 5.02 Å². The van der Waals surface area contributed by atoms with Gasteiger partial charge in [0, 0.05) is 13.2 Å². The third-order valence-electron chi connectivity index (χ3n) is 2.38. The molecule has 0 aliphatic rings. The van der Waals surface area contributed by atoms with Crippen LogP contribution in [-0.2, 0) is 23.7 Å². The molecule has 1 aromatic carbocycles. The van der Waals surface area contributed by atoms with E-state index in [9.17, 15) is 8.42 Å². The number of hydrogen-bond acceptors (Lipinski definition) is 4. The first kappa shape index (κ1) is 13.9. The van der Waals surface area contributed by atoms with E-state index in [1.54, 1.807) is 17.9 Å². The predicted molar refractivity (Wildman–Crippen MR) is 70.4 cm³/mol. The molecule has 0 atom stereocenters. The first-order chi connectivity index (χ1) is 8.86. The van der Waals surface area contributed by atoms with Crippen LogP contribution in [0.1, 0.15) is 5.69 Å². The van der Waals surface area contributed by atoms with Crippen molar-refractivity contribution in [1.82, 2.24) is 9.78 Å². The van der Waals surface area contributed by atoms with Crippen LogP contribution in [0.4, 0.5) is 0 Å². The predicted octanol–water partition coefficient (Wildman–Crippen LogP) is 1.30. The lowest BCUT2D eigenvalue weighted by molar-refractivity contribution is 0.300. The molecule has 0 saturated carbocycles. The fourth-order valence-electron chi connectivity index (χ4n) is 1.47. The molecule has 0 spiro atoms. The van der Waals surface area contributed by atoms with E-state index in [1.807, 2.05) is 6.07 Å². The molecule has 1 aromatic heterocycles. The lowest BCUT2D eigenvalue weighted by Crippen LogP contribution is -2.12. The zero-order valence-corrected chi connectivity index (χ0v) is 11.6. The van der Waals surface area contributed by atoms with Crippen molar-refractivity contribution in [3.8, 4) is 5.75 Å². The maximum absolute atomic E-state index is 11.1. The van der Waals surface area contributed by atoms with Gasteiger partial charge in [-0.25, -0.2) is 13.6 Å². The molecule has 0 amide bonds. The smallest absolute Gasteiger partial charge is 0.238 e. The molecule has 2 rings (SSSR count). The van der Waals surface area contributed by atoms with Crippen molar-refractivity contribution in [2.24, 2.45) is 12.2 Å². The van der Waals surface area contributed by atoms with Crippen LogP contribution in [0.5, 0.6) is 5.75 Å². The van der Waals surface area contributed by atoms with Crippen molar-refractivity contribution in [2.45, 2.75) is 11.5 Å². The van der Waals surface area contributed by atoms with Gasteiger partial charge in [0.15, 0.2) is 0 Å². The molecule has 6 nitrogen and oxygen atoms in total. The molecular weight excluding hydrogens is 290 g/mol. The number of rotatable bonds is 4. The number of aromatic nitrogens is 2. The SMILES string of the molecule is Cn1ccc(COc2ccc(S(N)(=O)=O)cc2Cl)n1. The fraction of sp³-hybridized carbons (Fsp3) is 0.182. The quantitative estimate of drug-likeness (QED) is 0.922. The lowest BCUT2D eigenvalue weighted by atomic mass is 10.3. The van der Waals surface area contributed by atoms with E-state index >= 15 is 0 Å². The highest BCUT2D eigenvalue weighted by Gasteiger charge is 2.11. The Morgan fingerprint density at radius 1 is 1.42 bits per heavy atom. The summed E-state index contributed by atoms with van der Waals surface area (Å²) in [4.78, 5) is -0.0531. The molecule has 0 fully saturated rings. The topological polar surface area (TPSA) is 87.2 Å². The average Bonchev–Trinajstić information content (AvgIpc) is 2.72. The number of nitrogens with zero attached hydrogens (tertiary/aromatic N) is 2. The van der Waals surface area contributed by atoms with E-state index in [-0.39, 0.29) is 16.5 Å². The van der Waals surface area contributed by atoms with Crippen LogP contribution in [0.3, 0.4) is 0 Å². The molecule has 0 radical (unpaired) electrons. The van der Waals surface area contributed by atoms with Crippen LogP contribution in [-0.4, -0.2) is 18.2 Å². The largest absolute Gasteiger partial charge is 0.486 e. The summed E-state index contributed by atoms with van der Waals surface area (Å²) in [5.74, 6) is 0.375. The maximum atomic E-state index is 11.1. The number of sulfonamides is 1. The molecule has 0 bridgehead atoms. The molecule has 0 aliphatic carbocycles. The zero-order chi connectivity index (χ0) is 14.0. The molecular formula is C11H12ClN3O3S. The summed E-state index contributed by atoms with van der Waals surface area (Å²) in [6, 6.07) is 5.87. The second-order valence-corrected chi connectivity index (χ2v) is 5.88. The van der Waals surface area contributed by atoms with Crippen LogP contribution in [0, 0.1) is 0 Å². The summed E-state index contributed by atoms with van der Waals surface area (Å²) in [6.45, 7) is 0.245. The van der Waals surface area contributed by atoms with Gasteiger partial charge in [-0.1, -0.05) is 11.6 Å². The highest BCUT2D eigenvalue weighted by Crippen LogP contribution is 2.27. The number of benzene rings is 1. The second-order valence-electron chi connectivity index (χ2n) is 3.91. The van der Waals surface area contributed by atoms with Crippen molar-refractivity contribution in [2.75, 3.05) is 0 Å². The van der Waals surface area contributed by atoms with Gasteiger partial charge in [-0.15, -0.1) is 0 Å². The highest BCUT2D eigenvalue weighted by molar-refractivity contribution is 7.89. The van der Waals surface area contributed by atoms with Gasteiger partial charge >= 0.3 is 0 Å². The van der Waals surface area contributed by atoms with E-state index in [2.05, 4.69) is 5.10 Å². The van der Waals surface area contributed by atoms with Gasteiger partial charge in [-0.3, -0.25) is 4.68 Å². The van der Waals surface area contributed by atoms with Gasteiger partial charge in [0.2, 0.25) is 10.0 Å². The van der Waals surface area contributed by atoms with Gasteiger partial charge in [-0.05, 0) is 24.3 Å².